The third kappa shape index (κ3) is 4.45. The van der Waals surface area contributed by atoms with Crippen molar-refractivity contribution in [3.63, 3.8) is 0 Å². The maximum atomic E-state index is 3.61. The lowest BCUT2D eigenvalue weighted by molar-refractivity contribution is 1.58. The SMILES string of the molecule is C(#Cc1c2ccccc2cc2cc3ccccc3cc12)c1ccccc1C#Cc1c2ccccc2cc2cc3ccccc3cc12. The molecule has 0 aliphatic carbocycles. The second-order valence-electron chi connectivity index (χ2n) is 11.8. The summed E-state index contributed by atoms with van der Waals surface area (Å²) in [5, 5.41) is 14.4. The van der Waals surface area contributed by atoms with Gasteiger partial charge in [0.2, 0.25) is 0 Å². The van der Waals surface area contributed by atoms with E-state index < -0.39 is 0 Å². The zero-order valence-corrected chi connectivity index (χ0v) is 25.0. The molecule has 0 radical (unpaired) electrons. The van der Waals surface area contributed by atoms with Gasteiger partial charge >= 0.3 is 0 Å². The summed E-state index contributed by atoms with van der Waals surface area (Å²) in [6.45, 7) is 0. The Bertz CT molecular complexity index is 2600. The van der Waals surface area contributed by atoms with Crippen molar-refractivity contribution >= 4 is 64.6 Å². The summed E-state index contributed by atoms with van der Waals surface area (Å²) in [5.41, 5.74) is 3.95. The van der Waals surface area contributed by atoms with Crippen LogP contribution in [0.1, 0.15) is 22.3 Å². The summed E-state index contributed by atoms with van der Waals surface area (Å²) in [5.74, 6) is 14.3. The first kappa shape index (κ1) is 26.1. The molecule has 0 N–H and O–H groups in total. The molecule has 0 fully saturated rings. The molecule has 0 saturated carbocycles. The molecule has 0 saturated heterocycles. The molecule has 0 amide bonds. The molecule has 9 rings (SSSR count). The van der Waals surface area contributed by atoms with Gasteiger partial charge in [-0.15, -0.1) is 0 Å². The molecule has 0 atom stereocenters. The van der Waals surface area contributed by atoms with E-state index in [1.165, 1.54) is 53.9 Å². The minimum absolute atomic E-state index is 0.923. The van der Waals surface area contributed by atoms with E-state index >= 15 is 0 Å². The average Bonchev–Trinajstić information content (AvgIpc) is 3.10. The molecule has 0 heteroatoms. The molecule has 46 heavy (non-hydrogen) atoms. The summed E-state index contributed by atoms with van der Waals surface area (Å²) < 4.78 is 0. The molecule has 0 aromatic heterocycles. The standard InChI is InChI=1S/C46H26/c1-2-12-32(22-24-44-42-20-10-8-18-38(42)28-40-26-34-14-4-6-16-36(34)30-46(40)44)31(11-1)21-23-43-41-19-9-7-17-37(41)27-39-25-33-13-3-5-15-35(33)29-45(39)43/h1-20,25-30H. The normalized spacial score (nSPS) is 11.1. The number of benzene rings is 9. The molecular weight excluding hydrogens is 553 g/mol. The van der Waals surface area contributed by atoms with Gasteiger partial charge < -0.3 is 0 Å². The fourth-order valence-corrected chi connectivity index (χ4v) is 6.74. The van der Waals surface area contributed by atoms with Crippen molar-refractivity contribution in [3.8, 4) is 23.7 Å². The van der Waals surface area contributed by atoms with E-state index in [0.717, 1.165) is 33.0 Å². The van der Waals surface area contributed by atoms with Gasteiger partial charge in [0.25, 0.3) is 0 Å². The smallest absolute Gasteiger partial charge is 0.0406 e. The second kappa shape index (κ2) is 10.7. The van der Waals surface area contributed by atoms with Gasteiger partial charge in [-0.25, -0.2) is 0 Å². The molecule has 9 aromatic carbocycles. The van der Waals surface area contributed by atoms with Crippen molar-refractivity contribution in [1.82, 2.24) is 0 Å². The maximum Gasteiger partial charge on any atom is 0.0406 e. The Morgan fingerprint density at radius 1 is 0.239 bits per heavy atom. The largest absolute Gasteiger partial charge is 0.0616 e. The zero-order chi connectivity index (χ0) is 30.5. The summed E-state index contributed by atoms with van der Waals surface area (Å²) in [6.07, 6.45) is 0. The van der Waals surface area contributed by atoms with Crippen LogP contribution in [0.2, 0.25) is 0 Å². The molecule has 0 aliphatic rings. The van der Waals surface area contributed by atoms with E-state index in [1.54, 1.807) is 0 Å². The molecular formula is C46H26. The summed E-state index contributed by atoms with van der Waals surface area (Å²) in [4.78, 5) is 0. The van der Waals surface area contributed by atoms with E-state index in [4.69, 9.17) is 0 Å². The Morgan fingerprint density at radius 2 is 0.565 bits per heavy atom. The fraction of sp³-hybridized carbons (Fsp3) is 0. The molecule has 0 unspecified atom stereocenters. The van der Waals surface area contributed by atoms with Crippen molar-refractivity contribution in [2.24, 2.45) is 0 Å². The Balaban J connectivity index is 1.23. The van der Waals surface area contributed by atoms with Crippen LogP contribution in [0, 0.1) is 23.7 Å². The first-order valence-electron chi connectivity index (χ1n) is 15.6. The van der Waals surface area contributed by atoms with Gasteiger partial charge in [-0.1, -0.05) is 133 Å². The van der Waals surface area contributed by atoms with Gasteiger partial charge in [0, 0.05) is 22.3 Å². The first-order chi connectivity index (χ1) is 22.8. The van der Waals surface area contributed by atoms with Crippen LogP contribution in [0.15, 0.2) is 158 Å². The van der Waals surface area contributed by atoms with Crippen molar-refractivity contribution in [3.05, 3.63) is 180 Å². The summed E-state index contributed by atoms with van der Waals surface area (Å²) >= 11 is 0. The predicted octanol–water partition coefficient (Wildman–Crippen LogP) is 11.4. The van der Waals surface area contributed by atoms with E-state index in [-0.39, 0.29) is 0 Å². The minimum atomic E-state index is 0.923. The Labute approximate surface area is 267 Å². The maximum absolute atomic E-state index is 3.61. The van der Waals surface area contributed by atoms with Crippen LogP contribution >= 0.6 is 0 Å². The molecule has 0 aliphatic heterocycles. The second-order valence-corrected chi connectivity index (χ2v) is 11.8. The van der Waals surface area contributed by atoms with Crippen LogP contribution in [0.4, 0.5) is 0 Å². The highest BCUT2D eigenvalue weighted by Gasteiger charge is 2.10. The topological polar surface area (TPSA) is 0 Å². The molecule has 0 bridgehead atoms. The monoisotopic (exact) mass is 578 g/mol. The predicted molar refractivity (Wildman–Crippen MR) is 196 cm³/mol. The zero-order valence-electron chi connectivity index (χ0n) is 25.0. The number of hydrogen-bond donors (Lipinski definition) is 0. The highest BCUT2D eigenvalue weighted by molar-refractivity contribution is 6.10. The van der Waals surface area contributed by atoms with Gasteiger partial charge in [0.15, 0.2) is 0 Å². The van der Waals surface area contributed by atoms with Crippen LogP contribution in [-0.2, 0) is 0 Å². The lowest BCUT2D eigenvalue weighted by atomic mass is 9.94. The van der Waals surface area contributed by atoms with Crippen molar-refractivity contribution < 1.29 is 0 Å². The Morgan fingerprint density at radius 3 is 1.00 bits per heavy atom. The highest BCUT2D eigenvalue weighted by atomic mass is 14.1. The molecule has 0 nitrogen and oxygen atoms in total. The Kier molecular flexibility index (Phi) is 6.06. The van der Waals surface area contributed by atoms with E-state index in [9.17, 15) is 0 Å². The van der Waals surface area contributed by atoms with Gasteiger partial charge in [-0.3, -0.25) is 0 Å². The number of rotatable bonds is 0. The molecule has 0 heterocycles. The number of fused-ring (bicyclic) bond motifs is 6. The molecule has 0 spiro atoms. The van der Waals surface area contributed by atoms with Crippen LogP contribution in [0.5, 0.6) is 0 Å². The van der Waals surface area contributed by atoms with Gasteiger partial charge in [0.1, 0.15) is 0 Å². The Hall–Kier alpha value is -6.34. The summed E-state index contributed by atoms with van der Waals surface area (Å²) in [6, 6.07) is 56.1. The van der Waals surface area contributed by atoms with E-state index in [2.05, 4.69) is 169 Å². The van der Waals surface area contributed by atoms with Crippen molar-refractivity contribution in [1.29, 1.82) is 0 Å². The molecule has 210 valence electrons. The fourth-order valence-electron chi connectivity index (χ4n) is 6.74. The van der Waals surface area contributed by atoms with Crippen LogP contribution in [-0.4, -0.2) is 0 Å². The van der Waals surface area contributed by atoms with Crippen molar-refractivity contribution in [2.75, 3.05) is 0 Å². The van der Waals surface area contributed by atoms with Gasteiger partial charge in [0.05, 0.1) is 0 Å². The van der Waals surface area contributed by atoms with Crippen molar-refractivity contribution in [2.45, 2.75) is 0 Å². The average molecular weight is 579 g/mol. The summed E-state index contributed by atoms with van der Waals surface area (Å²) in [7, 11) is 0. The lowest BCUT2D eigenvalue weighted by Gasteiger charge is -2.09. The quantitative estimate of drug-likeness (QED) is 0.124. The minimum Gasteiger partial charge on any atom is -0.0616 e. The van der Waals surface area contributed by atoms with Gasteiger partial charge in [-0.2, -0.15) is 0 Å². The highest BCUT2D eigenvalue weighted by Crippen LogP contribution is 2.33. The van der Waals surface area contributed by atoms with E-state index in [0.29, 0.717) is 0 Å². The third-order valence-electron chi connectivity index (χ3n) is 9.03. The van der Waals surface area contributed by atoms with Gasteiger partial charge in [-0.05, 0) is 113 Å². The third-order valence-corrected chi connectivity index (χ3v) is 9.03. The molecule has 9 aromatic rings. The number of hydrogen-bond acceptors (Lipinski definition) is 0. The first-order valence-corrected chi connectivity index (χ1v) is 15.6. The lowest BCUT2D eigenvalue weighted by Crippen LogP contribution is -1.88. The van der Waals surface area contributed by atoms with Crippen LogP contribution in [0.3, 0.4) is 0 Å². The van der Waals surface area contributed by atoms with Crippen LogP contribution in [0.25, 0.3) is 64.6 Å². The van der Waals surface area contributed by atoms with Crippen LogP contribution < -0.4 is 0 Å². The van der Waals surface area contributed by atoms with E-state index in [1.807, 2.05) is 12.1 Å².